The normalized spacial score (nSPS) is 19.3. The molecule has 0 bridgehead atoms. The Kier molecular flexibility index (Phi) is 10.6. The molecule has 1 saturated heterocycles. The number of carbonyl (C=O) groups is 4. The number of rotatable bonds is 11. The van der Waals surface area contributed by atoms with Gasteiger partial charge in [0.2, 0.25) is 0 Å². The van der Waals surface area contributed by atoms with Crippen molar-refractivity contribution in [3.8, 4) is 0 Å². The Balaban J connectivity index is 1.43. The van der Waals surface area contributed by atoms with Crippen molar-refractivity contribution >= 4 is 24.1 Å². The van der Waals surface area contributed by atoms with E-state index < -0.39 is 29.6 Å². The second-order valence-corrected chi connectivity index (χ2v) is 12.9. The van der Waals surface area contributed by atoms with Gasteiger partial charge in [-0.2, -0.15) is 0 Å². The minimum absolute atomic E-state index is 0.185. The fourth-order valence-electron chi connectivity index (χ4n) is 5.25. The molecule has 1 unspecified atom stereocenters. The summed E-state index contributed by atoms with van der Waals surface area (Å²) in [6, 6.07) is 4.66. The molecule has 0 aromatic heterocycles. The zero-order valence-corrected chi connectivity index (χ0v) is 25.1. The number of carboxylic acid groups (broad SMARTS) is 1. The van der Waals surface area contributed by atoms with E-state index in [1.165, 1.54) is 12.7 Å². The third-order valence-corrected chi connectivity index (χ3v) is 7.70. The first-order valence-electron chi connectivity index (χ1n) is 14.2. The van der Waals surface area contributed by atoms with Gasteiger partial charge in [-0.1, -0.05) is 59.2 Å². The average Bonchev–Trinajstić information content (AvgIpc) is 3.55. The van der Waals surface area contributed by atoms with Crippen LogP contribution < -0.4 is 10.6 Å². The first-order chi connectivity index (χ1) is 19.2. The van der Waals surface area contributed by atoms with Gasteiger partial charge in [0.1, 0.15) is 18.2 Å². The number of carboxylic acids is 1. The predicted octanol–water partition coefficient (Wildman–Crippen LogP) is 4.01. The summed E-state index contributed by atoms with van der Waals surface area (Å²) in [6.45, 7) is 10.9. The molecule has 1 fully saturated rings. The van der Waals surface area contributed by atoms with Crippen LogP contribution in [0.5, 0.6) is 0 Å². The SMILES string of the molecule is COC(=O)[C@@H]1C[C@@H](OC(=O)N2Cc3cccc(CCCCC(C)(C)COC(=O)NC(C(=O)O)C(C)(C)C)c3C2)CN1. The van der Waals surface area contributed by atoms with Gasteiger partial charge in [-0.3, -0.25) is 9.69 Å². The maximum absolute atomic E-state index is 12.8. The first kappa shape index (κ1) is 32.2. The van der Waals surface area contributed by atoms with E-state index in [9.17, 15) is 24.3 Å². The number of carbonyl (C=O) groups excluding carboxylic acids is 3. The number of methoxy groups -OCH3 is 1. The Morgan fingerprint density at radius 1 is 1.12 bits per heavy atom. The molecule has 0 radical (unpaired) electrons. The number of hydrogen-bond acceptors (Lipinski definition) is 8. The lowest BCUT2D eigenvalue weighted by Gasteiger charge is -2.29. The fraction of sp³-hybridized carbons (Fsp3) is 0.667. The number of aliphatic carboxylic acids is 1. The molecule has 0 spiro atoms. The number of benzene rings is 1. The van der Waals surface area contributed by atoms with E-state index in [-0.39, 0.29) is 30.2 Å². The summed E-state index contributed by atoms with van der Waals surface area (Å²) in [7, 11) is 1.34. The summed E-state index contributed by atoms with van der Waals surface area (Å²) >= 11 is 0. The second kappa shape index (κ2) is 13.5. The molecule has 228 valence electrons. The number of alkyl carbamates (subject to hydrolysis) is 1. The highest BCUT2D eigenvalue weighted by atomic mass is 16.6. The number of nitrogens with zero attached hydrogens (tertiary/aromatic N) is 1. The van der Waals surface area contributed by atoms with Crippen molar-refractivity contribution in [2.45, 2.75) is 98.0 Å². The van der Waals surface area contributed by atoms with Crippen LogP contribution in [0.1, 0.15) is 77.0 Å². The van der Waals surface area contributed by atoms with Crippen molar-refractivity contribution in [1.82, 2.24) is 15.5 Å². The Morgan fingerprint density at radius 2 is 1.85 bits per heavy atom. The van der Waals surface area contributed by atoms with Crippen LogP contribution >= 0.6 is 0 Å². The topological polar surface area (TPSA) is 144 Å². The van der Waals surface area contributed by atoms with E-state index in [0.29, 0.717) is 26.1 Å². The molecule has 11 nitrogen and oxygen atoms in total. The van der Waals surface area contributed by atoms with Crippen LogP contribution in [-0.4, -0.2) is 72.6 Å². The van der Waals surface area contributed by atoms with Gasteiger partial charge in [0.15, 0.2) is 0 Å². The summed E-state index contributed by atoms with van der Waals surface area (Å²) in [5.74, 6) is -1.45. The van der Waals surface area contributed by atoms with Crippen LogP contribution in [0, 0.1) is 10.8 Å². The van der Waals surface area contributed by atoms with Gasteiger partial charge in [0, 0.05) is 26.1 Å². The number of nitrogens with one attached hydrogen (secondary N) is 2. The third-order valence-electron chi connectivity index (χ3n) is 7.70. The van der Waals surface area contributed by atoms with E-state index in [4.69, 9.17) is 14.2 Å². The molecular weight excluding hydrogens is 530 g/mol. The molecule has 3 atom stereocenters. The highest BCUT2D eigenvalue weighted by Crippen LogP contribution is 2.30. The third kappa shape index (κ3) is 9.08. The minimum atomic E-state index is -1.10. The highest BCUT2D eigenvalue weighted by molar-refractivity contribution is 5.80. The smallest absolute Gasteiger partial charge is 0.410 e. The van der Waals surface area contributed by atoms with Gasteiger partial charge in [0.05, 0.1) is 13.7 Å². The predicted molar refractivity (Wildman–Crippen MR) is 151 cm³/mol. The zero-order chi connectivity index (χ0) is 30.4. The van der Waals surface area contributed by atoms with Crippen molar-refractivity contribution in [1.29, 1.82) is 0 Å². The Hall–Kier alpha value is -3.34. The maximum Gasteiger partial charge on any atom is 0.410 e. The molecule has 2 amide bonds. The summed E-state index contributed by atoms with van der Waals surface area (Å²) in [5, 5.41) is 14.9. The van der Waals surface area contributed by atoms with Crippen molar-refractivity contribution < 1.29 is 38.5 Å². The molecule has 3 rings (SSSR count). The molecule has 0 saturated carbocycles. The molecule has 2 aliphatic rings. The molecule has 3 N–H and O–H groups in total. The lowest BCUT2D eigenvalue weighted by molar-refractivity contribution is -0.143. The lowest BCUT2D eigenvalue weighted by Crippen LogP contribution is -2.49. The molecule has 2 aliphatic heterocycles. The van der Waals surface area contributed by atoms with E-state index in [1.54, 1.807) is 25.7 Å². The number of fused-ring (bicyclic) bond motifs is 1. The van der Waals surface area contributed by atoms with Gasteiger partial charge < -0.3 is 30.0 Å². The van der Waals surface area contributed by atoms with Gasteiger partial charge in [-0.05, 0) is 46.8 Å². The molecule has 41 heavy (non-hydrogen) atoms. The molecule has 11 heteroatoms. The molecule has 1 aromatic rings. The van der Waals surface area contributed by atoms with Gasteiger partial charge in [-0.25, -0.2) is 14.4 Å². The van der Waals surface area contributed by atoms with Crippen molar-refractivity contribution in [2.24, 2.45) is 10.8 Å². The quantitative estimate of drug-likeness (QED) is 0.203. The number of unbranched alkanes of at least 4 members (excludes halogenated alkanes) is 1. The molecule has 0 aliphatic carbocycles. The van der Waals surface area contributed by atoms with Gasteiger partial charge in [0.25, 0.3) is 0 Å². The average molecular weight is 576 g/mol. The van der Waals surface area contributed by atoms with Crippen LogP contribution in [0.3, 0.4) is 0 Å². The van der Waals surface area contributed by atoms with Crippen molar-refractivity contribution in [3.63, 3.8) is 0 Å². The van der Waals surface area contributed by atoms with Crippen LogP contribution in [0.15, 0.2) is 18.2 Å². The van der Waals surface area contributed by atoms with Crippen molar-refractivity contribution in [3.05, 3.63) is 34.9 Å². The number of esters is 1. The molecular formula is C30H45N3O8. The van der Waals surface area contributed by atoms with E-state index in [0.717, 1.165) is 36.8 Å². The molecule has 2 heterocycles. The second-order valence-electron chi connectivity index (χ2n) is 12.9. The van der Waals surface area contributed by atoms with Crippen molar-refractivity contribution in [2.75, 3.05) is 20.3 Å². The summed E-state index contributed by atoms with van der Waals surface area (Å²) in [4.78, 5) is 50.0. The standard InChI is InChI=1S/C30H45N3O8/c1-29(2,3)24(25(34)35)32-27(37)40-18-30(4,5)13-8-7-10-19-11-9-12-20-16-33(17-22(19)20)28(38)41-21-14-23(31-15-21)26(36)39-6/h9,11-12,21,23-24,31H,7-8,10,13-18H2,1-6H3,(H,32,37)(H,34,35)/t21-,23+,24?/m1/s1. The van der Waals surface area contributed by atoms with Crippen LogP contribution in [0.25, 0.3) is 0 Å². The zero-order valence-electron chi connectivity index (χ0n) is 25.1. The largest absolute Gasteiger partial charge is 0.480 e. The summed E-state index contributed by atoms with van der Waals surface area (Å²) in [6.07, 6.45) is 2.47. The van der Waals surface area contributed by atoms with E-state index in [1.807, 2.05) is 26.0 Å². The molecule has 1 aromatic carbocycles. The van der Waals surface area contributed by atoms with Gasteiger partial charge >= 0.3 is 24.1 Å². The summed E-state index contributed by atoms with van der Waals surface area (Å²) < 4.78 is 15.8. The Morgan fingerprint density at radius 3 is 2.51 bits per heavy atom. The summed E-state index contributed by atoms with van der Waals surface area (Å²) in [5.41, 5.74) is 2.58. The first-order valence-corrected chi connectivity index (χ1v) is 14.2. The Labute approximate surface area is 242 Å². The monoisotopic (exact) mass is 575 g/mol. The van der Waals surface area contributed by atoms with Gasteiger partial charge in [-0.15, -0.1) is 0 Å². The van der Waals surface area contributed by atoms with Crippen LogP contribution in [0.4, 0.5) is 9.59 Å². The minimum Gasteiger partial charge on any atom is -0.480 e. The lowest BCUT2D eigenvalue weighted by atomic mass is 9.87. The van der Waals surface area contributed by atoms with E-state index >= 15 is 0 Å². The van der Waals surface area contributed by atoms with E-state index in [2.05, 4.69) is 16.7 Å². The highest BCUT2D eigenvalue weighted by Gasteiger charge is 2.35. The number of amides is 2. The number of hydrogen-bond donors (Lipinski definition) is 3. The van der Waals surface area contributed by atoms with Crippen LogP contribution in [-0.2, 0) is 43.3 Å². The number of aryl methyl sites for hydroxylation is 1. The fourth-order valence-corrected chi connectivity index (χ4v) is 5.25. The number of ether oxygens (including phenoxy) is 3. The Bertz CT molecular complexity index is 1110. The van der Waals surface area contributed by atoms with Crippen LogP contribution in [0.2, 0.25) is 0 Å². The maximum atomic E-state index is 12.8.